The number of aliphatic hydroxyl groups is 4. The van der Waals surface area contributed by atoms with Crippen LogP contribution in [0.2, 0.25) is 0 Å². The van der Waals surface area contributed by atoms with Gasteiger partial charge in [-0.25, -0.2) is 4.57 Å². The number of Topliss-reactive ketones (excluding diaryl/α,β-unsaturated/α-hetero) is 1. The number of carbonyl (C=O) groups excluding carboxylic acids is 1. The van der Waals surface area contributed by atoms with Gasteiger partial charge in [-0.15, -0.1) is 0 Å². The first-order chi connectivity index (χ1) is 7.19. The molecule has 0 aromatic carbocycles. The van der Waals surface area contributed by atoms with Crippen LogP contribution in [-0.2, 0) is 13.9 Å². The van der Waals surface area contributed by atoms with Crippen LogP contribution in [0.5, 0.6) is 0 Å². The second-order valence-electron chi connectivity index (χ2n) is 2.92. The Morgan fingerprint density at radius 2 is 1.61 bits per heavy atom. The van der Waals surface area contributed by atoms with E-state index < -0.39 is 45.1 Å². The molecule has 3 atom stereocenters. The average Bonchev–Trinajstić information content (AvgIpc) is 2.21. The van der Waals surface area contributed by atoms with E-state index in [9.17, 15) is 9.36 Å². The maximum atomic E-state index is 11.0. The van der Waals surface area contributed by atoms with Crippen LogP contribution in [0.3, 0.4) is 0 Å². The number of carbonyl (C=O) groups is 1. The summed E-state index contributed by atoms with van der Waals surface area (Å²) in [6, 6.07) is 0. The number of rotatable bonds is 7. The molecule has 0 unspecified atom stereocenters. The number of aliphatic hydroxyl groups excluding tert-OH is 4. The van der Waals surface area contributed by atoms with Gasteiger partial charge in [0.15, 0.2) is 5.78 Å². The quantitative estimate of drug-likeness (QED) is 0.196. The molecule has 0 aliphatic heterocycles. The van der Waals surface area contributed by atoms with Crippen molar-refractivity contribution >= 4 is 89.1 Å². The second kappa shape index (κ2) is 11.8. The minimum atomic E-state index is -4.85. The third-order valence-electron chi connectivity index (χ3n) is 1.61. The molecule has 0 aromatic heterocycles. The SMILES string of the molecule is O=C(COP(=O)(O)O)[C@H](O)[C@@H](O)[C@H](O)CO.[CaH2].[CaH2]. The molecule has 0 fully saturated rings. The molecule has 18 heavy (non-hydrogen) atoms. The molecular weight excluding hydrogens is 327 g/mol. The van der Waals surface area contributed by atoms with Gasteiger partial charge in [-0.2, -0.15) is 0 Å². The number of phosphoric ester groups is 1. The first-order valence-corrected chi connectivity index (χ1v) is 5.60. The molecule has 0 aromatic rings. The van der Waals surface area contributed by atoms with E-state index in [0.717, 1.165) is 0 Å². The third kappa shape index (κ3) is 10.9. The van der Waals surface area contributed by atoms with Crippen molar-refractivity contribution in [3.8, 4) is 0 Å². The second-order valence-corrected chi connectivity index (χ2v) is 4.16. The summed E-state index contributed by atoms with van der Waals surface area (Å²) in [5.41, 5.74) is 0. The van der Waals surface area contributed by atoms with Crippen LogP contribution < -0.4 is 0 Å². The molecular formula is C6H17Ca2O9P. The summed E-state index contributed by atoms with van der Waals surface area (Å²) < 4.78 is 14.0. The number of phosphoric acid groups is 1. The van der Waals surface area contributed by atoms with Gasteiger partial charge in [-0.1, -0.05) is 0 Å². The predicted octanol–water partition coefficient (Wildman–Crippen LogP) is -5.09. The van der Waals surface area contributed by atoms with E-state index in [0.29, 0.717) is 0 Å². The van der Waals surface area contributed by atoms with Crippen molar-refractivity contribution < 1.29 is 44.1 Å². The van der Waals surface area contributed by atoms with Gasteiger partial charge in [0.25, 0.3) is 0 Å². The van der Waals surface area contributed by atoms with Crippen LogP contribution in [0, 0.1) is 0 Å². The van der Waals surface area contributed by atoms with Crippen LogP contribution in [0.1, 0.15) is 0 Å². The van der Waals surface area contributed by atoms with Gasteiger partial charge in [-0.3, -0.25) is 9.32 Å². The van der Waals surface area contributed by atoms with Gasteiger partial charge in [0.05, 0.1) is 6.61 Å². The first-order valence-electron chi connectivity index (χ1n) is 4.07. The Morgan fingerprint density at radius 3 is 1.94 bits per heavy atom. The van der Waals surface area contributed by atoms with E-state index in [2.05, 4.69) is 4.52 Å². The van der Waals surface area contributed by atoms with E-state index in [1.54, 1.807) is 0 Å². The summed E-state index contributed by atoms with van der Waals surface area (Å²) in [7, 11) is -4.85. The van der Waals surface area contributed by atoms with Gasteiger partial charge in [-0.05, 0) is 0 Å². The Bertz CT molecular complexity index is 282. The maximum absolute atomic E-state index is 11.0. The van der Waals surface area contributed by atoms with Crippen molar-refractivity contribution in [2.24, 2.45) is 0 Å². The molecule has 0 heterocycles. The van der Waals surface area contributed by atoms with E-state index in [1.165, 1.54) is 0 Å². The van der Waals surface area contributed by atoms with Crippen molar-refractivity contribution in [3.63, 3.8) is 0 Å². The van der Waals surface area contributed by atoms with E-state index in [1.807, 2.05) is 0 Å². The van der Waals surface area contributed by atoms with Crippen LogP contribution in [0.15, 0.2) is 0 Å². The summed E-state index contributed by atoms with van der Waals surface area (Å²) in [5.74, 6) is -1.23. The van der Waals surface area contributed by atoms with Crippen molar-refractivity contribution in [2.45, 2.75) is 18.3 Å². The Hall–Kier alpha value is 2.14. The monoisotopic (exact) mass is 344 g/mol. The van der Waals surface area contributed by atoms with E-state index in [4.69, 9.17) is 30.2 Å². The first kappa shape index (κ1) is 25.1. The summed E-state index contributed by atoms with van der Waals surface area (Å²) in [4.78, 5) is 27.5. The molecule has 0 saturated carbocycles. The van der Waals surface area contributed by atoms with Crippen molar-refractivity contribution in [2.75, 3.05) is 13.2 Å². The summed E-state index contributed by atoms with van der Waals surface area (Å²) in [5, 5.41) is 35.4. The standard InChI is InChI=1S/C6H13O9P.2Ca.4H/c7-1-3(8)5(10)6(11)4(9)2-15-16(12,13)14;;;;;;/h3,5-8,10-11H,1-2H2,(H2,12,13,14);;;;;;/t3-,5+,6+;;;;;;/m1....../s1. The molecule has 104 valence electrons. The molecule has 0 spiro atoms. The number of hydrogen-bond acceptors (Lipinski definition) is 7. The van der Waals surface area contributed by atoms with E-state index >= 15 is 0 Å². The van der Waals surface area contributed by atoms with Gasteiger partial charge >= 0.3 is 83.3 Å². The van der Waals surface area contributed by atoms with E-state index in [-0.39, 0.29) is 75.5 Å². The zero-order valence-corrected chi connectivity index (χ0v) is 8.90. The topological polar surface area (TPSA) is 165 Å². The van der Waals surface area contributed by atoms with Crippen LogP contribution in [0.4, 0.5) is 0 Å². The molecule has 0 saturated heterocycles. The van der Waals surface area contributed by atoms with Crippen molar-refractivity contribution in [3.05, 3.63) is 0 Å². The zero-order valence-electron chi connectivity index (χ0n) is 8.00. The number of hydrogen-bond donors (Lipinski definition) is 6. The molecule has 6 N–H and O–H groups in total. The number of ketones is 1. The third-order valence-corrected chi connectivity index (χ3v) is 2.08. The minimum absolute atomic E-state index is 0. The summed E-state index contributed by atoms with van der Waals surface area (Å²) >= 11 is 0. The fraction of sp³-hybridized carbons (Fsp3) is 0.833. The summed E-state index contributed by atoms with van der Waals surface area (Å²) in [6.45, 7) is -2.01. The Kier molecular flexibility index (Phi) is 16.4. The van der Waals surface area contributed by atoms with Gasteiger partial charge in [0.2, 0.25) is 0 Å². The molecule has 9 nitrogen and oxygen atoms in total. The Balaban J connectivity index is -0.00000112. The van der Waals surface area contributed by atoms with Crippen LogP contribution in [0.25, 0.3) is 0 Å². The molecule has 0 rings (SSSR count). The summed E-state index contributed by atoms with van der Waals surface area (Å²) in [6.07, 6.45) is -5.81. The fourth-order valence-electron chi connectivity index (χ4n) is 0.742. The van der Waals surface area contributed by atoms with Crippen molar-refractivity contribution in [1.82, 2.24) is 0 Å². The van der Waals surface area contributed by atoms with Gasteiger partial charge < -0.3 is 30.2 Å². The molecule has 0 aliphatic rings. The zero-order chi connectivity index (χ0) is 12.9. The van der Waals surface area contributed by atoms with Crippen LogP contribution >= 0.6 is 7.82 Å². The predicted molar refractivity (Wildman–Crippen MR) is 65.2 cm³/mol. The van der Waals surface area contributed by atoms with Gasteiger partial charge in [0.1, 0.15) is 24.9 Å². The fourth-order valence-corrected chi connectivity index (χ4v) is 1.04. The molecule has 0 aliphatic carbocycles. The average molecular weight is 344 g/mol. The van der Waals surface area contributed by atoms with Crippen LogP contribution in [-0.4, -0.2) is 143 Å². The molecule has 0 amide bonds. The Labute approximate surface area is 162 Å². The molecule has 0 bridgehead atoms. The molecule has 12 heteroatoms. The normalized spacial score (nSPS) is 15.9. The molecule has 0 radical (unpaired) electrons. The van der Waals surface area contributed by atoms with Crippen molar-refractivity contribution in [1.29, 1.82) is 0 Å². The Morgan fingerprint density at radius 1 is 1.17 bits per heavy atom. The van der Waals surface area contributed by atoms with Gasteiger partial charge in [0, 0.05) is 0 Å².